The van der Waals surface area contributed by atoms with E-state index in [0.29, 0.717) is 6.54 Å². The normalized spacial score (nSPS) is 23.0. The van der Waals surface area contributed by atoms with Crippen molar-refractivity contribution in [2.45, 2.75) is 38.8 Å². The van der Waals surface area contributed by atoms with Crippen molar-refractivity contribution in [1.82, 2.24) is 14.7 Å². The predicted octanol–water partition coefficient (Wildman–Crippen LogP) is 1.49. The van der Waals surface area contributed by atoms with Crippen molar-refractivity contribution in [1.29, 1.82) is 0 Å². The van der Waals surface area contributed by atoms with Gasteiger partial charge in [0, 0.05) is 38.8 Å². The molecule has 0 saturated carbocycles. The molecule has 1 unspecified atom stereocenters. The van der Waals surface area contributed by atoms with Crippen molar-refractivity contribution in [3.63, 3.8) is 0 Å². The Morgan fingerprint density at radius 1 is 1.12 bits per heavy atom. The molecule has 5 nitrogen and oxygen atoms in total. The Balaban J connectivity index is 1.47. The summed E-state index contributed by atoms with van der Waals surface area (Å²) in [5.74, 6) is 0.218. The number of aliphatic hydroxyl groups is 1. The van der Waals surface area contributed by atoms with Crippen LogP contribution in [0.4, 0.5) is 0 Å². The molecule has 0 aliphatic carbocycles. The number of benzene rings is 1. The van der Waals surface area contributed by atoms with E-state index in [4.69, 9.17) is 0 Å². The second-order valence-corrected chi connectivity index (χ2v) is 7.39. The Bertz CT molecular complexity index is 570. The molecule has 1 aromatic rings. The predicted molar refractivity (Wildman–Crippen MR) is 99.3 cm³/mol. The number of nitrogens with zero attached hydrogens (tertiary/aromatic N) is 3. The van der Waals surface area contributed by atoms with Crippen molar-refractivity contribution >= 4 is 5.91 Å². The quantitative estimate of drug-likeness (QED) is 0.878. The van der Waals surface area contributed by atoms with Gasteiger partial charge in [-0.15, -0.1) is 0 Å². The lowest BCUT2D eigenvalue weighted by Gasteiger charge is -2.38. The Morgan fingerprint density at radius 3 is 2.60 bits per heavy atom. The molecule has 5 heteroatoms. The van der Waals surface area contributed by atoms with Gasteiger partial charge in [0.15, 0.2) is 0 Å². The molecule has 25 heavy (non-hydrogen) atoms. The molecule has 138 valence electrons. The molecule has 3 rings (SSSR count). The van der Waals surface area contributed by atoms with Gasteiger partial charge in [0.25, 0.3) is 0 Å². The summed E-state index contributed by atoms with van der Waals surface area (Å²) in [6, 6.07) is 8.69. The first-order valence-corrected chi connectivity index (χ1v) is 9.57. The lowest BCUT2D eigenvalue weighted by molar-refractivity contribution is -0.135. The van der Waals surface area contributed by atoms with Crippen LogP contribution in [0.3, 0.4) is 0 Å². The van der Waals surface area contributed by atoms with Crippen LogP contribution in [-0.2, 0) is 11.3 Å². The van der Waals surface area contributed by atoms with Crippen LogP contribution in [0.5, 0.6) is 0 Å². The summed E-state index contributed by atoms with van der Waals surface area (Å²) in [5.41, 5.74) is 2.71. The van der Waals surface area contributed by atoms with Crippen LogP contribution in [0, 0.1) is 6.92 Å². The fourth-order valence-corrected chi connectivity index (χ4v) is 3.93. The van der Waals surface area contributed by atoms with Crippen LogP contribution >= 0.6 is 0 Å². The fraction of sp³-hybridized carbons (Fsp3) is 0.650. The standard InChI is InChI=1S/C20H31N3O2/c1-17-6-2-3-7-18(17)14-21-10-12-22(13-11-21)20(25)15-23-9-5-4-8-19(23)16-24/h2-3,6-7,19,24H,4-5,8-16H2,1H3. The number of carbonyl (C=O) groups excluding carboxylic acids is 1. The average molecular weight is 345 g/mol. The molecule has 2 aliphatic rings. The van der Waals surface area contributed by atoms with Gasteiger partial charge in [-0.2, -0.15) is 0 Å². The van der Waals surface area contributed by atoms with Gasteiger partial charge in [0.1, 0.15) is 0 Å². The van der Waals surface area contributed by atoms with Gasteiger partial charge in [-0.05, 0) is 37.4 Å². The molecular formula is C20H31N3O2. The molecule has 1 atom stereocenters. The molecule has 2 aliphatic heterocycles. The average Bonchev–Trinajstić information content (AvgIpc) is 2.64. The Morgan fingerprint density at radius 2 is 1.88 bits per heavy atom. The third kappa shape index (κ3) is 4.81. The maximum Gasteiger partial charge on any atom is 0.236 e. The molecule has 0 spiro atoms. The van der Waals surface area contributed by atoms with E-state index in [0.717, 1.165) is 58.5 Å². The summed E-state index contributed by atoms with van der Waals surface area (Å²) in [5, 5.41) is 9.51. The highest BCUT2D eigenvalue weighted by atomic mass is 16.3. The Labute approximate surface area is 151 Å². The van der Waals surface area contributed by atoms with E-state index in [-0.39, 0.29) is 18.6 Å². The van der Waals surface area contributed by atoms with Gasteiger partial charge in [-0.3, -0.25) is 14.6 Å². The van der Waals surface area contributed by atoms with Crippen molar-refractivity contribution in [3.8, 4) is 0 Å². The minimum Gasteiger partial charge on any atom is -0.395 e. The Hall–Kier alpha value is -1.43. The summed E-state index contributed by atoms with van der Waals surface area (Å²) in [4.78, 5) is 19.2. The first kappa shape index (κ1) is 18.4. The summed E-state index contributed by atoms with van der Waals surface area (Å²) < 4.78 is 0. The zero-order valence-corrected chi connectivity index (χ0v) is 15.4. The fourth-order valence-electron chi connectivity index (χ4n) is 3.93. The zero-order valence-electron chi connectivity index (χ0n) is 15.4. The highest BCUT2D eigenvalue weighted by molar-refractivity contribution is 5.78. The summed E-state index contributed by atoms with van der Waals surface area (Å²) >= 11 is 0. The number of aryl methyl sites for hydroxylation is 1. The lowest BCUT2D eigenvalue weighted by atomic mass is 10.0. The molecule has 1 amide bonds. The number of piperidine rings is 1. The van der Waals surface area contributed by atoms with Gasteiger partial charge in [-0.25, -0.2) is 0 Å². The van der Waals surface area contributed by atoms with Gasteiger partial charge in [0.2, 0.25) is 5.91 Å². The van der Waals surface area contributed by atoms with Gasteiger partial charge < -0.3 is 10.0 Å². The highest BCUT2D eigenvalue weighted by Gasteiger charge is 2.27. The zero-order chi connectivity index (χ0) is 17.6. The monoisotopic (exact) mass is 345 g/mol. The number of amides is 1. The smallest absolute Gasteiger partial charge is 0.236 e. The maximum absolute atomic E-state index is 12.6. The second-order valence-electron chi connectivity index (χ2n) is 7.39. The third-order valence-corrected chi connectivity index (χ3v) is 5.68. The summed E-state index contributed by atoms with van der Waals surface area (Å²) in [6.45, 7) is 8.17. The minimum absolute atomic E-state index is 0.164. The number of hydrogen-bond acceptors (Lipinski definition) is 4. The molecule has 2 heterocycles. The van der Waals surface area contributed by atoms with Gasteiger partial charge >= 0.3 is 0 Å². The number of carbonyl (C=O) groups is 1. The molecule has 2 saturated heterocycles. The Kier molecular flexibility index (Phi) is 6.45. The molecule has 0 aromatic heterocycles. The van der Waals surface area contributed by atoms with Crippen LogP contribution in [-0.4, -0.2) is 77.6 Å². The number of rotatable bonds is 5. The number of hydrogen-bond donors (Lipinski definition) is 1. The van der Waals surface area contributed by atoms with E-state index in [1.54, 1.807) is 0 Å². The van der Waals surface area contributed by atoms with Crippen LogP contribution in [0.15, 0.2) is 24.3 Å². The van der Waals surface area contributed by atoms with Crippen molar-refractivity contribution in [2.75, 3.05) is 45.9 Å². The SMILES string of the molecule is Cc1ccccc1CN1CCN(C(=O)CN2CCCCC2CO)CC1. The van der Waals surface area contributed by atoms with Crippen LogP contribution in [0.2, 0.25) is 0 Å². The molecule has 1 N–H and O–H groups in total. The van der Waals surface area contributed by atoms with Crippen LogP contribution in [0.25, 0.3) is 0 Å². The van der Waals surface area contributed by atoms with E-state index in [9.17, 15) is 9.90 Å². The number of piperazine rings is 1. The molecule has 2 fully saturated rings. The van der Waals surface area contributed by atoms with Crippen molar-refractivity contribution < 1.29 is 9.90 Å². The number of likely N-dealkylation sites (tertiary alicyclic amines) is 1. The second kappa shape index (κ2) is 8.79. The highest BCUT2D eigenvalue weighted by Crippen LogP contribution is 2.17. The van der Waals surface area contributed by atoms with Crippen molar-refractivity contribution in [3.05, 3.63) is 35.4 Å². The number of aliphatic hydroxyl groups excluding tert-OH is 1. The summed E-state index contributed by atoms with van der Waals surface area (Å²) in [7, 11) is 0. The lowest BCUT2D eigenvalue weighted by Crippen LogP contribution is -2.53. The van der Waals surface area contributed by atoms with Gasteiger partial charge in [-0.1, -0.05) is 30.7 Å². The first-order valence-electron chi connectivity index (χ1n) is 9.57. The molecule has 0 radical (unpaired) electrons. The third-order valence-electron chi connectivity index (χ3n) is 5.68. The minimum atomic E-state index is 0.164. The van der Waals surface area contributed by atoms with E-state index in [1.165, 1.54) is 11.1 Å². The van der Waals surface area contributed by atoms with E-state index in [1.807, 2.05) is 4.90 Å². The van der Waals surface area contributed by atoms with Crippen molar-refractivity contribution in [2.24, 2.45) is 0 Å². The van der Waals surface area contributed by atoms with Crippen LogP contribution in [0.1, 0.15) is 30.4 Å². The molecule has 1 aromatic carbocycles. The van der Waals surface area contributed by atoms with Crippen LogP contribution < -0.4 is 0 Å². The molecular weight excluding hydrogens is 314 g/mol. The molecule has 0 bridgehead atoms. The van der Waals surface area contributed by atoms with Gasteiger partial charge in [0.05, 0.1) is 13.2 Å². The van der Waals surface area contributed by atoms with E-state index in [2.05, 4.69) is 41.0 Å². The largest absolute Gasteiger partial charge is 0.395 e. The summed E-state index contributed by atoms with van der Waals surface area (Å²) in [6.07, 6.45) is 3.30. The van der Waals surface area contributed by atoms with E-state index < -0.39 is 0 Å². The maximum atomic E-state index is 12.6. The first-order chi connectivity index (χ1) is 12.2. The topological polar surface area (TPSA) is 47.0 Å². The van der Waals surface area contributed by atoms with E-state index >= 15 is 0 Å².